The Bertz CT molecular complexity index is 238. The number of carbonyl (C=O) groups is 1. The van der Waals surface area contributed by atoms with Gasteiger partial charge in [-0.2, -0.15) is 4.99 Å². The van der Waals surface area contributed by atoms with E-state index in [0.29, 0.717) is 5.84 Å². The number of urea groups is 1. The Morgan fingerprint density at radius 1 is 1.43 bits per heavy atom. The number of aliphatic imine (C=N–C) groups is 1. The van der Waals surface area contributed by atoms with Crippen molar-refractivity contribution in [3.8, 4) is 0 Å². The third-order valence-electron chi connectivity index (χ3n) is 2.48. The molecule has 1 aliphatic rings. The van der Waals surface area contributed by atoms with Crippen molar-refractivity contribution in [2.24, 2.45) is 10.7 Å². The van der Waals surface area contributed by atoms with Crippen molar-refractivity contribution >= 4 is 11.9 Å². The second-order valence-electron chi connectivity index (χ2n) is 3.67. The van der Waals surface area contributed by atoms with Crippen LogP contribution in [0.3, 0.4) is 0 Å². The lowest BCUT2D eigenvalue weighted by Crippen LogP contribution is -2.40. The van der Waals surface area contributed by atoms with Gasteiger partial charge in [0.1, 0.15) is 5.84 Å². The van der Waals surface area contributed by atoms with Crippen molar-refractivity contribution in [1.29, 1.82) is 0 Å². The highest BCUT2D eigenvalue weighted by atomic mass is 16.2. The number of amidine groups is 1. The van der Waals surface area contributed by atoms with Crippen LogP contribution in [0, 0.1) is 0 Å². The lowest BCUT2D eigenvalue weighted by atomic mass is 10.1. The Hall–Kier alpha value is -1.06. The van der Waals surface area contributed by atoms with Gasteiger partial charge in [-0.25, -0.2) is 4.79 Å². The molecule has 0 bridgehead atoms. The predicted molar refractivity (Wildman–Crippen MR) is 57.3 cm³/mol. The highest BCUT2D eigenvalue weighted by Crippen LogP contribution is 2.16. The molecule has 0 aromatic rings. The average Bonchev–Trinajstić information content (AvgIpc) is 2.40. The van der Waals surface area contributed by atoms with Gasteiger partial charge in [-0.05, 0) is 12.8 Å². The second kappa shape index (κ2) is 4.98. The summed E-state index contributed by atoms with van der Waals surface area (Å²) in [6.07, 6.45) is 4.11. The van der Waals surface area contributed by atoms with Gasteiger partial charge >= 0.3 is 6.03 Å². The zero-order chi connectivity index (χ0) is 10.6. The monoisotopic (exact) mass is 197 g/mol. The van der Waals surface area contributed by atoms with E-state index < -0.39 is 0 Å². The maximum absolute atomic E-state index is 11.4. The number of hydrogen-bond donors (Lipinski definition) is 1. The van der Waals surface area contributed by atoms with Crippen LogP contribution in [0.15, 0.2) is 4.99 Å². The minimum Gasteiger partial charge on any atom is -0.385 e. The van der Waals surface area contributed by atoms with Gasteiger partial charge in [-0.1, -0.05) is 26.7 Å². The zero-order valence-corrected chi connectivity index (χ0v) is 8.99. The van der Waals surface area contributed by atoms with Crippen LogP contribution < -0.4 is 5.73 Å². The van der Waals surface area contributed by atoms with Crippen LogP contribution in [-0.4, -0.2) is 29.4 Å². The lowest BCUT2D eigenvalue weighted by molar-refractivity contribution is 0.203. The van der Waals surface area contributed by atoms with E-state index >= 15 is 0 Å². The standard InChI is InChI=1S/C10H19N3O/c1-3-5-6-8-9(11)12-10(14)13(8)7-4-2/h8H,3-7H2,1-2H3,(H2,11,12,14). The van der Waals surface area contributed by atoms with Gasteiger partial charge in [0.2, 0.25) is 0 Å². The Labute approximate surface area is 85.2 Å². The maximum atomic E-state index is 11.4. The van der Waals surface area contributed by atoms with Crippen LogP contribution in [0.1, 0.15) is 39.5 Å². The molecule has 14 heavy (non-hydrogen) atoms. The first kappa shape index (κ1) is 11.0. The summed E-state index contributed by atoms with van der Waals surface area (Å²) in [6.45, 7) is 4.95. The Morgan fingerprint density at radius 3 is 2.71 bits per heavy atom. The molecule has 4 nitrogen and oxygen atoms in total. The normalized spacial score (nSPS) is 21.6. The van der Waals surface area contributed by atoms with Crippen LogP contribution >= 0.6 is 0 Å². The summed E-state index contributed by atoms with van der Waals surface area (Å²) in [5.74, 6) is 0.497. The number of carbonyl (C=O) groups excluding carboxylic acids is 1. The van der Waals surface area contributed by atoms with Gasteiger partial charge in [0.05, 0.1) is 6.04 Å². The summed E-state index contributed by atoms with van der Waals surface area (Å²) >= 11 is 0. The van der Waals surface area contributed by atoms with Crippen molar-refractivity contribution in [1.82, 2.24) is 4.90 Å². The highest BCUT2D eigenvalue weighted by Gasteiger charge is 2.31. The number of unbranched alkanes of at least 4 members (excludes halogenated alkanes) is 1. The number of rotatable bonds is 5. The van der Waals surface area contributed by atoms with E-state index in [1.807, 2.05) is 0 Å². The molecule has 1 atom stereocenters. The van der Waals surface area contributed by atoms with Gasteiger partial charge in [0, 0.05) is 6.54 Å². The SMILES string of the molecule is CCCCC1C(N)=NC(=O)N1CCC. The molecule has 2 N–H and O–H groups in total. The molecule has 0 aromatic heterocycles. The molecule has 0 aromatic carbocycles. The number of nitrogens with two attached hydrogens (primary N) is 1. The minimum atomic E-state index is -0.162. The van der Waals surface area contributed by atoms with Crippen LogP contribution in [0.4, 0.5) is 4.79 Å². The lowest BCUT2D eigenvalue weighted by Gasteiger charge is -2.23. The molecule has 2 amide bonds. The van der Waals surface area contributed by atoms with E-state index in [1.54, 1.807) is 4.90 Å². The summed E-state index contributed by atoms with van der Waals surface area (Å²) < 4.78 is 0. The van der Waals surface area contributed by atoms with Crippen LogP contribution in [0.5, 0.6) is 0 Å². The molecule has 1 unspecified atom stereocenters. The molecule has 0 radical (unpaired) electrons. The summed E-state index contributed by atoms with van der Waals surface area (Å²) in [4.78, 5) is 17.0. The first-order chi connectivity index (χ1) is 6.70. The van der Waals surface area contributed by atoms with Gasteiger partial charge in [-0.3, -0.25) is 0 Å². The molecule has 1 heterocycles. The van der Waals surface area contributed by atoms with Gasteiger partial charge in [0.25, 0.3) is 0 Å². The number of hydrogen-bond acceptors (Lipinski definition) is 2. The largest absolute Gasteiger partial charge is 0.385 e. The first-order valence-electron chi connectivity index (χ1n) is 5.35. The quantitative estimate of drug-likeness (QED) is 0.730. The molecule has 1 aliphatic heterocycles. The van der Waals surface area contributed by atoms with Crippen molar-refractivity contribution in [3.63, 3.8) is 0 Å². The van der Waals surface area contributed by atoms with Gasteiger partial charge in [0.15, 0.2) is 0 Å². The number of amides is 2. The third kappa shape index (κ3) is 2.25. The summed E-state index contributed by atoms with van der Waals surface area (Å²) in [6, 6.07) is -0.104. The van der Waals surface area contributed by atoms with E-state index in [2.05, 4.69) is 18.8 Å². The van der Waals surface area contributed by atoms with Crippen molar-refractivity contribution in [3.05, 3.63) is 0 Å². The van der Waals surface area contributed by atoms with Crippen LogP contribution in [-0.2, 0) is 0 Å². The van der Waals surface area contributed by atoms with E-state index in [4.69, 9.17) is 5.73 Å². The van der Waals surface area contributed by atoms with Gasteiger partial charge < -0.3 is 10.6 Å². The van der Waals surface area contributed by atoms with Crippen LogP contribution in [0.25, 0.3) is 0 Å². The molecule has 0 fully saturated rings. The van der Waals surface area contributed by atoms with E-state index in [1.165, 1.54) is 0 Å². The van der Waals surface area contributed by atoms with E-state index in [0.717, 1.165) is 32.2 Å². The fraction of sp³-hybridized carbons (Fsp3) is 0.800. The first-order valence-corrected chi connectivity index (χ1v) is 5.35. The molecule has 80 valence electrons. The summed E-state index contributed by atoms with van der Waals surface area (Å²) in [5, 5.41) is 0. The van der Waals surface area contributed by atoms with Crippen molar-refractivity contribution in [2.45, 2.75) is 45.6 Å². The van der Waals surface area contributed by atoms with Gasteiger partial charge in [-0.15, -0.1) is 0 Å². The maximum Gasteiger partial charge on any atom is 0.345 e. The molecule has 0 saturated carbocycles. The highest BCUT2D eigenvalue weighted by molar-refractivity contribution is 6.02. The van der Waals surface area contributed by atoms with E-state index in [-0.39, 0.29) is 12.1 Å². The smallest absolute Gasteiger partial charge is 0.345 e. The van der Waals surface area contributed by atoms with Crippen molar-refractivity contribution in [2.75, 3.05) is 6.54 Å². The van der Waals surface area contributed by atoms with E-state index in [9.17, 15) is 4.79 Å². The molecule has 1 rings (SSSR count). The topological polar surface area (TPSA) is 58.7 Å². The minimum absolute atomic E-state index is 0.0578. The number of nitrogens with zero attached hydrogens (tertiary/aromatic N) is 2. The third-order valence-corrected chi connectivity index (χ3v) is 2.48. The average molecular weight is 197 g/mol. The Balaban J connectivity index is 2.59. The molecule has 0 spiro atoms. The van der Waals surface area contributed by atoms with Crippen LogP contribution in [0.2, 0.25) is 0 Å². The Morgan fingerprint density at radius 2 is 2.14 bits per heavy atom. The van der Waals surface area contributed by atoms with Crippen molar-refractivity contribution < 1.29 is 4.79 Å². The Kier molecular flexibility index (Phi) is 3.92. The second-order valence-corrected chi connectivity index (χ2v) is 3.67. The summed E-state index contributed by atoms with van der Waals surface area (Å²) in [5.41, 5.74) is 5.72. The fourth-order valence-electron chi connectivity index (χ4n) is 1.74. The molecule has 0 saturated heterocycles. The molecular formula is C10H19N3O. The summed E-state index contributed by atoms with van der Waals surface area (Å²) in [7, 11) is 0. The fourth-order valence-corrected chi connectivity index (χ4v) is 1.74. The zero-order valence-electron chi connectivity index (χ0n) is 8.99. The molecular weight excluding hydrogens is 178 g/mol. The molecule has 4 heteroatoms. The predicted octanol–water partition coefficient (Wildman–Crippen LogP) is 1.75. The molecule has 0 aliphatic carbocycles.